The smallest absolute Gasteiger partial charge is 0.0237 e. The predicted molar refractivity (Wildman–Crippen MR) is 91.3 cm³/mol. The zero-order chi connectivity index (χ0) is 15.3. The molecule has 1 saturated heterocycles. The van der Waals surface area contributed by atoms with Crippen LogP contribution < -0.4 is 5.32 Å². The summed E-state index contributed by atoms with van der Waals surface area (Å²) in [5.74, 6) is 0.901. The van der Waals surface area contributed by atoms with Crippen LogP contribution in [0.4, 0.5) is 0 Å². The fourth-order valence-electron chi connectivity index (χ4n) is 3.11. The summed E-state index contributed by atoms with van der Waals surface area (Å²) in [7, 11) is 0. The van der Waals surface area contributed by atoms with Gasteiger partial charge in [0.25, 0.3) is 0 Å². The molecule has 1 fully saturated rings. The maximum atomic E-state index is 3.62. The van der Waals surface area contributed by atoms with Crippen LogP contribution in [0.2, 0.25) is 0 Å². The first-order chi connectivity index (χ1) is 9.98. The molecule has 1 aromatic rings. The van der Waals surface area contributed by atoms with Crippen LogP contribution in [0.15, 0.2) is 24.3 Å². The molecule has 1 N–H and O–H groups in total. The monoisotopic (exact) mass is 288 g/mol. The molecular formula is C19H32N2. The van der Waals surface area contributed by atoms with E-state index in [4.69, 9.17) is 0 Å². The molecule has 0 aliphatic carbocycles. The predicted octanol–water partition coefficient (Wildman–Crippen LogP) is 4.20. The SMILES string of the molecule is CCC1CCCN(Cc2ccccc2CNC(C)(C)C)C1. The molecule has 1 atom stereocenters. The first kappa shape index (κ1) is 16.5. The van der Waals surface area contributed by atoms with Crippen molar-refractivity contribution >= 4 is 0 Å². The van der Waals surface area contributed by atoms with Gasteiger partial charge in [-0.15, -0.1) is 0 Å². The van der Waals surface area contributed by atoms with Crippen LogP contribution in [-0.4, -0.2) is 23.5 Å². The van der Waals surface area contributed by atoms with Gasteiger partial charge in [0.05, 0.1) is 0 Å². The Kier molecular flexibility index (Phi) is 5.83. The summed E-state index contributed by atoms with van der Waals surface area (Å²) in [6, 6.07) is 8.91. The van der Waals surface area contributed by atoms with Crippen molar-refractivity contribution in [2.24, 2.45) is 5.92 Å². The minimum Gasteiger partial charge on any atom is -0.308 e. The third kappa shape index (κ3) is 5.44. The largest absolute Gasteiger partial charge is 0.308 e. The molecule has 0 amide bonds. The zero-order valence-electron chi connectivity index (χ0n) is 14.3. The van der Waals surface area contributed by atoms with Gasteiger partial charge in [-0.2, -0.15) is 0 Å². The first-order valence-corrected chi connectivity index (χ1v) is 8.52. The quantitative estimate of drug-likeness (QED) is 0.873. The second kappa shape index (κ2) is 7.42. The summed E-state index contributed by atoms with van der Waals surface area (Å²) in [5, 5.41) is 3.62. The lowest BCUT2D eigenvalue weighted by atomic mass is 9.95. The second-order valence-corrected chi connectivity index (χ2v) is 7.52. The molecule has 2 rings (SSSR count). The maximum absolute atomic E-state index is 3.62. The third-order valence-electron chi connectivity index (χ3n) is 4.50. The van der Waals surface area contributed by atoms with E-state index in [9.17, 15) is 0 Å². The van der Waals surface area contributed by atoms with Gasteiger partial charge in [0.1, 0.15) is 0 Å². The van der Waals surface area contributed by atoms with Crippen molar-refractivity contribution in [2.75, 3.05) is 13.1 Å². The lowest BCUT2D eigenvalue weighted by molar-refractivity contribution is 0.164. The number of hydrogen-bond donors (Lipinski definition) is 1. The minimum atomic E-state index is 0.172. The standard InChI is InChI=1S/C19H32N2/c1-5-16-9-8-12-21(14-16)15-18-11-7-6-10-17(18)13-20-19(2,3)4/h6-7,10-11,16,20H,5,8-9,12-15H2,1-4H3. The highest BCUT2D eigenvalue weighted by Crippen LogP contribution is 2.22. The van der Waals surface area contributed by atoms with E-state index in [-0.39, 0.29) is 5.54 Å². The van der Waals surface area contributed by atoms with E-state index in [0.29, 0.717) is 0 Å². The van der Waals surface area contributed by atoms with Crippen molar-refractivity contribution in [1.82, 2.24) is 10.2 Å². The molecule has 1 unspecified atom stereocenters. The Hall–Kier alpha value is -0.860. The van der Waals surface area contributed by atoms with Gasteiger partial charge in [-0.25, -0.2) is 0 Å². The Balaban J connectivity index is 1.99. The molecule has 1 aliphatic heterocycles. The van der Waals surface area contributed by atoms with Crippen LogP contribution in [0.25, 0.3) is 0 Å². The van der Waals surface area contributed by atoms with Crippen LogP contribution in [0.1, 0.15) is 58.1 Å². The molecular weight excluding hydrogens is 256 g/mol. The second-order valence-electron chi connectivity index (χ2n) is 7.52. The highest BCUT2D eigenvalue weighted by Gasteiger charge is 2.19. The van der Waals surface area contributed by atoms with Crippen LogP contribution in [0.3, 0.4) is 0 Å². The third-order valence-corrected chi connectivity index (χ3v) is 4.50. The summed E-state index contributed by atoms with van der Waals surface area (Å²) in [4.78, 5) is 2.65. The van der Waals surface area contributed by atoms with E-state index in [1.54, 1.807) is 0 Å². The van der Waals surface area contributed by atoms with Gasteiger partial charge in [-0.1, -0.05) is 37.6 Å². The number of benzene rings is 1. The minimum absolute atomic E-state index is 0.172. The molecule has 0 bridgehead atoms. The highest BCUT2D eigenvalue weighted by atomic mass is 15.1. The van der Waals surface area contributed by atoms with Gasteiger partial charge in [0.2, 0.25) is 0 Å². The number of piperidine rings is 1. The topological polar surface area (TPSA) is 15.3 Å². The number of rotatable bonds is 5. The molecule has 0 radical (unpaired) electrons. The van der Waals surface area contributed by atoms with Crippen LogP contribution in [0, 0.1) is 5.92 Å². The molecule has 1 aromatic carbocycles. The molecule has 0 saturated carbocycles. The lowest BCUT2D eigenvalue weighted by Crippen LogP contribution is -2.36. The summed E-state index contributed by atoms with van der Waals surface area (Å²) >= 11 is 0. The van der Waals surface area contributed by atoms with E-state index in [1.807, 2.05) is 0 Å². The van der Waals surface area contributed by atoms with Crippen molar-refractivity contribution in [3.8, 4) is 0 Å². The van der Waals surface area contributed by atoms with Gasteiger partial charge < -0.3 is 5.32 Å². The highest BCUT2D eigenvalue weighted by molar-refractivity contribution is 5.27. The Morgan fingerprint density at radius 1 is 1.19 bits per heavy atom. The Labute approximate surface area is 130 Å². The Morgan fingerprint density at radius 3 is 2.57 bits per heavy atom. The van der Waals surface area contributed by atoms with Crippen molar-refractivity contribution in [3.63, 3.8) is 0 Å². The van der Waals surface area contributed by atoms with E-state index >= 15 is 0 Å². The average Bonchev–Trinajstić information content (AvgIpc) is 2.46. The number of nitrogens with zero attached hydrogens (tertiary/aromatic N) is 1. The van der Waals surface area contributed by atoms with Crippen molar-refractivity contribution < 1.29 is 0 Å². The van der Waals surface area contributed by atoms with E-state index < -0.39 is 0 Å². The van der Waals surface area contributed by atoms with Crippen LogP contribution in [-0.2, 0) is 13.1 Å². The van der Waals surface area contributed by atoms with Gasteiger partial charge in [0, 0.05) is 25.2 Å². The zero-order valence-corrected chi connectivity index (χ0v) is 14.3. The summed E-state index contributed by atoms with van der Waals surface area (Å²) < 4.78 is 0. The number of likely N-dealkylation sites (tertiary alicyclic amines) is 1. The van der Waals surface area contributed by atoms with Gasteiger partial charge in [0.15, 0.2) is 0 Å². The molecule has 0 spiro atoms. The maximum Gasteiger partial charge on any atom is 0.0237 e. The van der Waals surface area contributed by atoms with Gasteiger partial charge in [-0.3, -0.25) is 4.90 Å². The Bertz CT molecular complexity index is 433. The molecule has 21 heavy (non-hydrogen) atoms. The van der Waals surface area contributed by atoms with E-state index in [1.165, 1.54) is 43.5 Å². The number of hydrogen-bond acceptors (Lipinski definition) is 2. The number of nitrogens with one attached hydrogen (secondary N) is 1. The van der Waals surface area contributed by atoms with E-state index in [2.05, 4.69) is 62.2 Å². The van der Waals surface area contributed by atoms with E-state index in [0.717, 1.165) is 19.0 Å². The summed E-state index contributed by atoms with van der Waals surface area (Å²) in [5.41, 5.74) is 3.11. The molecule has 2 heteroatoms. The fourth-order valence-corrected chi connectivity index (χ4v) is 3.11. The first-order valence-electron chi connectivity index (χ1n) is 8.52. The lowest BCUT2D eigenvalue weighted by Gasteiger charge is -2.33. The van der Waals surface area contributed by atoms with Crippen molar-refractivity contribution in [2.45, 2.75) is 65.6 Å². The summed E-state index contributed by atoms with van der Waals surface area (Å²) in [6.45, 7) is 13.6. The molecule has 2 nitrogen and oxygen atoms in total. The fraction of sp³-hybridized carbons (Fsp3) is 0.684. The van der Waals surface area contributed by atoms with Crippen LogP contribution in [0.5, 0.6) is 0 Å². The molecule has 0 aromatic heterocycles. The average molecular weight is 288 g/mol. The molecule has 1 heterocycles. The Morgan fingerprint density at radius 2 is 1.90 bits per heavy atom. The van der Waals surface area contributed by atoms with Crippen molar-refractivity contribution in [3.05, 3.63) is 35.4 Å². The van der Waals surface area contributed by atoms with Crippen molar-refractivity contribution in [1.29, 1.82) is 0 Å². The van der Waals surface area contributed by atoms with Gasteiger partial charge in [-0.05, 0) is 57.2 Å². The normalized spacial score (nSPS) is 20.7. The van der Waals surface area contributed by atoms with Gasteiger partial charge >= 0.3 is 0 Å². The molecule has 1 aliphatic rings. The van der Waals surface area contributed by atoms with Crippen LogP contribution >= 0.6 is 0 Å². The molecule has 118 valence electrons. The summed E-state index contributed by atoms with van der Waals surface area (Å²) in [6.07, 6.45) is 4.10.